The number of hydrogen-bond donors (Lipinski definition) is 1. The van der Waals surface area contributed by atoms with Gasteiger partial charge >= 0.3 is 5.69 Å². The summed E-state index contributed by atoms with van der Waals surface area (Å²) in [5.74, 6) is -0.0908. The van der Waals surface area contributed by atoms with Crippen LogP contribution >= 0.6 is 0 Å². The average molecular weight is 290 g/mol. The zero-order valence-electron chi connectivity index (χ0n) is 10.5. The fourth-order valence-corrected chi connectivity index (χ4v) is 2.19. The van der Waals surface area contributed by atoms with E-state index in [2.05, 4.69) is 0 Å². The Kier molecular flexibility index (Phi) is 4.67. The maximum atomic E-state index is 11.4. The number of ether oxygens (including phenoxy) is 2. The summed E-state index contributed by atoms with van der Waals surface area (Å²) in [7, 11) is -2.18. The molecule has 0 amide bonds. The average Bonchev–Trinajstić information content (AvgIpc) is 2.27. The van der Waals surface area contributed by atoms with Crippen molar-refractivity contribution in [1.29, 1.82) is 0 Å². The highest BCUT2D eigenvalue weighted by Crippen LogP contribution is 2.34. The molecule has 0 atom stereocenters. The number of nitrogen functional groups attached to an aromatic ring is 1. The van der Waals surface area contributed by atoms with Crippen LogP contribution in [0.5, 0.6) is 5.75 Å². The Hall–Kier alpha value is -1.87. The van der Waals surface area contributed by atoms with Gasteiger partial charge in [0.1, 0.15) is 6.61 Å². The van der Waals surface area contributed by atoms with E-state index >= 15 is 0 Å². The first-order valence-corrected chi connectivity index (χ1v) is 7.06. The Morgan fingerprint density at radius 2 is 2.00 bits per heavy atom. The molecule has 8 nitrogen and oxygen atoms in total. The van der Waals surface area contributed by atoms with Crippen LogP contribution in [0.25, 0.3) is 0 Å². The van der Waals surface area contributed by atoms with Gasteiger partial charge in [0.25, 0.3) is 0 Å². The number of benzene rings is 1. The first-order chi connectivity index (χ1) is 8.77. The van der Waals surface area contributed by atoms with E-state index in [4.69, 9.17) is 15.2 Å². The molecule has 106 valence electrons. The molecule has 0 radical (unpaired) electrons. The molecule has 0 bridgehead atoms. The van der Waals surface area contributed by atoms with Crippen molar-refractivity contribution in [3.05, 3.63) is 22.2 Å². The van der Waals surface area contributed by atoms with Crippen molar-refractivity contribution in [3.63, 3.8) is 0 Å². The summed E-state index contributed by atoms with van der Waals surface area (Å²) in [5.41, 5.74) is 5.02. The van der Waals surface area contributed by atoms with Crippen LogP contribution in [0.3, 0.4) is 0 Å². The van der Waals surface area contributed by atoms with Gasteiger partial charge in [-0.2, -0.15) is 0 Å². The van der Waals surface area contributed by atoms with E-state index in [0.29, 0.717) is 0 Å². The zero-order valence-corrected chi connectivity index (χ0v) is 11.3. The topological polar surface area (TPSA) is 122 Å². The van der Waals surface area contributed by atoms with E-state index in [-0.39, 0.29) is 29.5 Å². The van der Waals surface area contributed by atoms with Gasteiger partial charge in [-0.3, -0.25) is 10.1 Å². The number of rotatable bonds is 6. The third-order valence-corrected chi connectivity index (χ3v) is 3.39. The molecule has 0 aliphatic heterocycles. The van der Waals surface area contributed by atoms with Crippen molar-refractivity contribution >= 4 is 21.2 Å². The highest BCUT2D eigenvalue weighted by atomic mass is 32.2. The predicted molar refractivity (Wildman–Crippen MR) is 68.0 cm³/mol. The van der Waals surface area contributed by atoms with E-state index in [1.54, 1.807) is 0 Å². The van der Waals surface area contributed by atoms with Crippen LogP contribution in [0.1, 0.15) is 0 Å². The molecular weight excluding hydrogens is 276 g/mol. The Bertz CT molecular complexity index is 584. The van der Waals surface area contributed by atoms with Crippen molar-refractivity contribution < 1.29 is 22.8 Å². The standard InChI is InChI=1S/C10H14N2O6S/c1-17-3-4-18-9-5-7(11)10(19(2,15)16)6-8(9)12(13)14/h5-6H,3-4,11H2,1-2H3. The van der Waals surface area contributed by atoms with Gasteiger partial charge in [-0.25, -0.2) is 8.42 Å². The van der Waals surface area contributed by atoms with Crippen LogP contribution in [0.4, 0.5) is 11.4 Å². The second-order valence-corrected chi connectivity index (χ2v) is 5.71. The summed E-state index contributed by atoms with van der Waals surface area (Å²) >= 11 is 0. The summed E-state index contributed by atoms with van der Waals surface area (Å²) < 4.78 is 32.8. The van der Waals surface area contributed by atoms with Crippen LogP contribution in [0.2, 0.25) is 0 Å². The van der Waals surface area contributed by atoms with Crippen LogP contribution in [-0.4, -0.2) is 39.9 Å². The van der Waals surface area contributed by atoms with E-state index in [1.807, 2.05) is 0 Å². The van der Waals surface area contributed by atoms with Gasteiger partial charge in [0.05, 0.1) is 22.1 Å². The molecule has 0 heterocycles. The number of nitro groups is 1. The molecule has 1 rings (SSSR count). The number of nitrogens with two attached hydrogens (primary N) is 1. The van der Waals surface area contributed by atoms with Gasteiger partial charge in [-0.05, 0) is 0 Å². The minimum atomic E-state index is -3.64. The van der Waals surface area contributed by atoms with Crippen molar-refractivity contribution in [2.24, 2.45) is 0 Å². The van der Waals surface area contributed by atoms with Gasteiger partial charge in [-0.1, -0.05) is 0 Å². The molecule has 19 heavy (non-hydrogen) atoms. The molecule has 1 aromatic rings. The molecule has 0 saturated heterocycles. The highest BCUT2D eigenvalue weighted by molar-refractivity contribution is 7.90. The first kappa shape index (κ1) is 15.2. The minimum Gasteiger partial charge on any atom is -0.484 e. The molecule has 0 aliphatic rings. The zero-order chi connectivity index (χ0) is 14.6. The highest BCUT2D eigenvalue weighted by Gasteiger charge is 2.23. The van der Waals surface area contributed by atoms with Crippen LogP contribution in [0.15, 0.2) is 17.0 Å². The summed E-state index contributed by atoms with van der Waals surface area (Å²) in [4.78, 5) is 9.88. The lowest BCUT2D eigenvalue weighted by Crippen LogP contribution is -2.09. The van der Waals surface area contributed by atoms with Gasteiger partial charge in [0.2, 0.25) is 0 Å². The number of hydrogen-bond acceptors (Lipinski definition) is 7. The quantitative estimate of drug-likeness (QED) is 0.352. The number of anilines is 1. The lowest BCUT2D eigenvalue weighted by Gasteiger charge is -2.09. The lowest BCUT2D eigenvalue weighted by atomic mass is 10.2. The number of sulfone groups is 1. The molecule has 0 unspecified atom stereocenters. The minimum absolute atomic E-state index is 0.0908. The van der Waals surface area contributed by atoms with Crippen molar-refractivity contribution in [3.8, 4) is 5.75 Å². The van der Waals surface area contributed by atoms with E-state index in [1.165, 1.54) is 7.11 Å². The lowest BCUT2D eigenvalue weighted by molar-refractivity contribution is -0.386. The maximum Gasteiger partial charge on any atom is 0.312 e. The molecule has 1 aromatic carbocycles. The van der Waals surface area contributed by atoms with Gasteiger partial charge < -0.3 is 15.2 Å². The van der Waals surface area contributed by atoms with E-state index in [0.717, 1.165) is 18.4 Å². The molecule has 2 N–H and O–H groups in total. The van der Waals surface area contributed by atoms with Crippen molar-refractivity contribution in [2.45, 2.75) is 4.90 Å². The SMILES string of the molecule is COCCOc1cc(N)c(S(C)(=O)=O)cc1[N+](=O)[O-]. The second kappa shape index (κ2) is 5.85. The monoisotopic (exact) mass is 290 g/mol. The van der Waals surface area contributed by atoms with Crippen LogP contribution in [-0.2, 0) is 14.6 Å². The first-order valence-electron chi connectivity index (χ1n) is 5.17. The van der Waals surface area contributed by atoms with Gasteiger partial charge in [-0.15, -0.1) is 0 Å². The summed E-state index contributed by atoms with van der Waals surface area (Å²) in [6.07, 6.45) is 0.924. The summed E-state index contributed by atoms with van der Waals surface area (Å²) in [6.45, 7) is 0.333. The van der Waals surface area contributed by atoms with Crippen LogP contribution in [0, 0.1) is 10.1 Å². The molecule has 0 aromatic heterocycles. The summed E-state index contributed by atoms with van der Waals surface area (Å²) in [6, 6.07) is 2.02. The number of nitrogens with zero attached hydrogens (tertiary/aromatic N) is 1. The Balaban J connectivity index is 3.26. The van der Waals surface area contributed by atoms with E-state index < -0.39 is 20.4 Å². The van der Waals surface area contributed by atoms with Gasteiger partial charge in [0, 0.05) is 25.5 Å². The van der Waals surface area contributed by atoms with Crippen molar-refractivity contribution in [1.82, 2.24) is 0 Å². The maximum absolute atomic E-state index is 11.4. The van der Waals surface area contributed by atoms with Crippen molar-refractivity contribution in [2.75, 3.05) is 32.3 Å². The smallest absolute Gasteiger partial charge is 0.312 e. The number of methoxy groups -OCH3 is 1. The second-order valence-electron chi connectivity index (χ2n) is 3.73. The fraction of sp³-hybridized carbons (Fsp3) is 0.400. The Morgan fingerprint density at radius 3 is 2.47 bits per heavy atom. The molecular formula is C10H14N2O6S. The van der Waals surface area contributed by atoms with Crippen LogP contribution < -0.4 is 10.5 Å². The van der Waals surface area contributed by atoms with Gasteiger partial charge in [0.15, 0.2) is 15.6 Å². The number of nitro benzene ring substituents is 1. The largest absolute Gasteiger partial charge is 0.484 e. The third-order valence-electron chi connectivity index (χ3n) is 2.23. The normalized spacial score (nSPS) is 11.3. The summed E-state index contributed by atoms with van der Waals surface area (Å²) in [5, 5.41) is 10.9. The van der Waals surface area contributed by atoms with E-state index in [9.17, 15) is 18.5 Å². The fourth-order valence-electron chi connectivity index (χ4n) is 1.38. The Morgan fingerprint density at radius 1 is 1.37 bits per heavy atom. The molecule has 0 aliphatic carbocycles. The Labute approximate surface area is 110 Å². The molecule has 0 fully saturated rings. The predicted octanol–water partition coefficient (Wildman–Crippen LogP) is 0.606. The third kappa shape index (κ3) is 3.80. The molecule has 9 heteroatoms. The molecule has 0 saturated carbocycles. The molecule has 0 spiro atoms.